The zero-order chi connectivity index (χ0) is 17.6. The van der Waals surface area contributed by atoms with Gasteiger partial charge in [0.1, 0.15) is 6.04 Å². The van der Waals surface area contributed by atoms with Crippen molar-refractivity contribution in [1.29, 1.82) is 0 Å². The molecular formula is C20H18N2O3. The first-order chi connectivity index (χ1) is 12.0. The van der Waals surface area contributed by atoms with Gasteiger partial charge in [0.05, 0.1) is 16.7 Å². The number of benzene rings is 2. The molecule has 2 aromatic rings. The van der Waals surface area contributed by atoms with Gasteiger partial charge in [0, 0.05) is 0 Å². The monoisotopic (exact) mass is 334 g/mol. The lowest BCUT2D eigenvalue weighted by molar-refractivity contribution is -0.125. The van der Waals surface area contributed by atoms with Crippen LogP contribution in [0.4, 0.5) is 0 Å². The summed E-state index contributed by atoms with van der Waals surface area (Å²) in [6, 6.07) is 15.6. The molecule has 1 aliphatic heterocycles. The van der Waals surface area contributed by atoms with Gasteiger partial charge in [-0.2, -0.15) is 0 Å². The van der Waals surface area contributed by atoms with Crippen molar-refractivity contribution in [3.63, 3.8) is 0 Å². The molecular weight excluding hydrogens is 316 g/mol. The number of fused-ring (bicyclic) bond motifs is 1. The van der Waals surface area contributed by atoms with E-state index < -0.39 is 17.9 Å². The van der Waals surface area contributed by atoms with Crippen molar-refractivity contribution in [2.75, 3.05) is 0 Å². The SMILES string of the molecule is CC(C(=O)NC1(c2ccccc2)CC1)N1C(=O)c2ccccc2C1=O. The maximum atomic E-state index is 12.7. The molecule has 3 amide bonds. The van der Waals surface area contributed by atoms with Gasteiger partial charge < -0.3 is 5.32 Å². The molecule has 4 rings (SSSR count). The molecule has 1 atom stereocenters. The van der Waals surface area contributed by atoms with Crippen molar-refractivity contribution < 1.29 is 14.4 Å². The summed E-state index contributed by atoms with van der Waals surface area (Å²) in [6.45, 7) is 1.60. The second-order valence-corrected chi connectivity index (χ2v) is 6.64. The molecule has 25 heavy (non-hydrogen) atoms. The Morgan fingerprint density at radius 1 is 0.960 bits per heavy atom. The predicted molar refractivity (Wildman–Crippen MR) is 91.9 cm³/mol. The minimum Gasteiger partial charge on any atom is -0.345 e. The number of hydrogen-bond donors (Lipinski definition) is 1. The van der Waals surface area contributed by atoms with Gasteiger partial charge in [0.15, 0.2) is 0 Å². The van der Waals surface area contributed by atoms with E-state index in [-0.39, 0.29) is 11.4 Å². The number of amides is 3. The van der Waals surface area contributed by atoms with E-state index in [2.05, 4.69) is 5.32 Å². The van der Waals surface area contributed by atoms with Crippen LogP contribution in [-0.2, 0) is 10.3 Å². The molecule has 1 saturated carbocycles. The van der Waals surface area contributed by atoms with Crippen LogP contribution in [0.5, 0.6) is 0 Å². The largest absolute Gasteiger partial charge is 0.345 e. The maximum absolute atomic E-state index is 12.7. The molecule has 1 N–H and O–H groups in total. The summed E-state index contributed by atoms with van der Waals surface area (Å²) in [5.74, 6) is -1.13. The summed E-state index contributed by atoms with van der Waals surface area (Å²) in [5, 5.41) is 3.04. The molecule has 0 saturated heterocycles. The minimum absolute atomic E-state index is 0.309. The third-order valence-electron chi connectivity index (χ3n) is 5.03. The Bertz CT molecular complexity index is 837. The molecule has 126 valence electrons. The van der Waals surface area contributed by atoms with Gasteiger partial charge in [-0.25, -0.2) is 0 Å². The van der Waals surface area contributed by atoms with Crippen molar-refractivity contribution in [3.05, 3.63) is 71.3 Å². The number of rotatable bonds is 4. The molecule has 5 nitrogen and oxygen atoms in total. The van der Waals surface area contributed by atoms with Crippen molar-refractivity contribution in [2.45, 2.75) is 31.3 Å². The van der Waals surface area contributed by atoms with E-state index in [9.17, 15) is 14.4 Å². The quantitative estimate of drug-likeness (QED) is 0.874. The molecule has 1 aliphatic carbocycles. The lowest BCUT2D eigenvalue weighted by atomic mass is 10.0. The molecule has 1 heterocycles. The first kappa shape index (κ1) is 15.6. The second-order valence-electron chi connectivity index (χ2n) is 6.64. The third kappa shape index (κ3) is 2.43. The van der Waals surface area contributed by atoms with Gasteiger partial charge in [-0.05, 0) is 37.5 Å². The van der Waals surface area contributed by atoms with Gasteiger partial charge in [-0.15, -0.1) is 0 Å². The average Bonchev–Trinajstić information content (AvgIpc) is 3.38. The molecule has 1 unspecified atom stereocenters. The Morgan fingerprint density at radius 2 is 1.48 bits per heavy atom. The Labute approximate surface area is 145 Å². The van der Waals surface area contributed by atoms with Crippen LogP contribution in [0, 0.1) is 0 Å². The molecule has 0 aromatic heterocycles. The van der Waals surface area contributed by atoms with Crippen molar-refractivity contribution in [1.82, 2.24) is 10.2 Å². The van der Waals surface area contributed by atoms with Gasteiger partial charge >= 0.3 is 0 Å². The summed E-state index contributed by atoms with van der Waals surface area (Å²) >= 11 is 0. The lowest BCUT2D eigenvalue weighted by Gasteiger charge is -2.25. The van der Waals surface area contributed by atoms with E-state index in [0.717, 1.165) is 23.3 Å². The fourth-order valence-electron chi connectivity index (χ4n) is 3.39. The van der Waals surface area contributed by atoms with Crippen LogP contribution in [0.1, 0.15) is 46.0 Å². The van der Waals surface area contributed by atoms with Crippen LogP contribution < -0.4 is 5.32 Å². The van der Waals surface area contributed by atoms with Crippen molar-refractivity contribution in [3.8, 4) is 0 Å². The summed E-state index contributed by atoms with van der Waals surface area (Å²) in [6.07, 6.45) is 1.72. The second kappa shape index (κ2) is 5.55. The fraction of sp³-hybridized carbons (Fsp3) is 0.250. The van der Waals surface area contributed by atoms with E-state index >= 15 is 0 Å². The fourth-order valence-corrected chi connectivity index (χ4v) is 3.39. The average molecular weight is 334 g/mol. The number of carbonyl (C=O) groups excluding carboxylic acids is 3. The number of nitrogens with one attached hydrogen (secondary N) is 1. The van der Waals surface area contributed by atoms with Crippen LogP contribution in [-0.4, -0.2) is 28.7 Å². The van der Waals surface area contributed by atoms with Crippen LogP contribution >= 0.6 is 0 Å². The molecule has 2 aliphatic rings. The smallest absolute Gasteiger partial charge is 0.262 e. The topological polar surface area (TPSA) is 66.5 Å². The van der Waals surface area contributed by atoms with E-state index in [0.29, 0.717) is 11.1 Å². The predicted octanol–water partition coefficient (Wildman–Crippen LogP) is 2.48. The van der Waals surface area contributed by atoms with E-state index in [4.69, 9.17) is 0 Å². The Hall–Kier alpha value is -2.95. The molecule has 1 fully saturated rings. The molecule has 0 bridgehead atoms. The number of hydrogen-bond acceptors (Lipinski definition) is 3. The number of imide groups is 1. The first-order valence-corrected chi connectivity index (χ1v) is 8.38. The molecule has 5 heteroatoms. The van der Waals surface area contributed by atoms with Gasteiger partial charge in [-0.3, -0.25) is 19.3 Å². The first-order valence-electron chi connectivity index (χ1n) is 8.38. The summed E-state index contributed by atoms with van der Waals surface area (Å²) < 4.78 is 0. The standard InChI is InChI=1S/C20H18N2O3/c1-13(22-18(24)15-9-5-6-10-16(15)19(22)25)17(23)21-20(11-12-20)14-7-3-2-4-8-14/h2-10,13H,11-12H2,1H3,(H,21,23). The Kier molecular flexibility index (Phi) is 3.46. The summed E-state index contributed by atoms with van der Waals surface area (Å²) in [7, 11) is 0. The Morgan fingerprint density at radius 3 is 2.00 bits per heavy atom. The highest BCUT2D eigenvalue weighted by Gasteiger charge is 2.48. The van der Waals surface area contributed by atoms with Crippen LogP contribution in [0.3, 0.4) is 0 Å². The molecule has 0 spiro atoms. The van der Waals surface area contributed by atoms with Crippen LogP contribution in [0.2, 0.25) is 0 Å². The highest BCUT2D eigenvalue weighted by molar-refractivity contribution is 6.22. The van der Waals surface area contributed by atoms with Gasteiger partial charge in [0.2, 0.25) is 5.91 Å². The van der Waals surface area contributed by atoms with E-state index in [1.807, 2.05) is 30.3 Å². The summed E-state index contributed by atoms with van der Waals surface area (Å²) in [5.41, 5.74) is 1.40. The van der Waals surface area contributed by atoms with Gasteiger partial charge in [-0.1, -0.05) is 42.5 Å². The number of nitrogens with zero attached hydrogens (tertiary/aromatic N) is 1. The van der Waals surface area contributed by atoms with Gasteiger partial charge in [0.25, 0.3) is 11.8 Å². The zero-order valence-electron chi connectivity index (χ0n) is 13.9. The molecule has 0 radical (unpaired) electrons. The van der Waals surface area contributed by atoms with E-state index in [1.54, 1.807) is 31.2 Å². The maximum Gasteiger partial charge on any atom is 0.262 e. The highest BCUT2D eigenvalue weighted by Crippen LogP contribution is 2.45. The third-order valence-corrected chi connectivity index (χ3v) is 5.03. The lowest BCUT2D eigenvalue weighted by Crippen LogP contribution is -2.50. The minimum atomic E-state index is -0.853. The summed E-state index contributed by atoms with van der Waals surface area (Å²) in [4.78, 5) is 38.9. The normalized spacial score (nSPS) is 18.7. The number of carbonyl (C=O) groups is 3. The van der Waals surface area contributed by atoms with Crippen molar-refractivity contribution in [2.24, 2.45) is 0 Å². The van der Waals surface area contributed by atoms with E-state index in [1.165, 1.54) is 0 Å². The Balaban J connectivity index is 1.54. The van der Waals surface area contributed by atoms with Crippen molar-refractivity contribution >= 4 is 17.7 Å². The zero-order valence-corrected chi connectivity index (χ0v) is 13.9. The molecule has 2 aromatic carbocycles. The van der Waals surface area contributed by atoms with Crippen LogP contribution in [0.25, 0.3) is 0 Å². The highest BCUT2D eigenvalue weighted by atomic mass is 16.2. The van der Waals surface area contributed by atoms with Crippen LogP contribution in [0.15, 0.2) is 54.6 Å².